The van der Waals surface area contributed by atoms with Crippen molar-refractivity contribution >= 4 is 29.3 Å². The Hall–Kier alpha value is -2.71. The molecule has 1 heterocycles. The predicted octanol–water partition coefficient (Wildman–Crippen LogP) is 2.71. The molecule has 2 N–H and O–H groups in total. The molecule has 2 aromatic rings. The minimum absolute atomic E-state index is 0.112. The smallest absolute Gasteiger partial charge is 0.238 e. The van der Waals surface area contributed by atoms with Gasteiger partial charge in [0, 0.05) is 11.4 Å². The Morgan fingerprint density at radius 1 is 1.17 bits per heavy atom. The summed E-state index contributed by atoms with van der Waals surface area (Å²) in [5.74, 6) is 1.08. The van der Waals surface area contributed by atoms with Gasteiger partial charge in [0.05, 0.1) is 18.3 Å². The van der Waals surface area contributed by atoms with Crippen LogP contribution >= 0.6 is 11.8 Å². The first kappa shape index (κ1) is 21.0. The average molecular weight is 416 g/mol. The average Bonchev–Trinajstić information content (AvgIpc) is 3.19. The van der Waals surface area contributed by atoms with Gasteiger partial charge in [-0.05, 0) is 50.1 Å². The fourth-order valence-electron chi connectivity index (χ4n) is 2.89. The highest BCUT2D eigenvalue weighted by atomic mass is 32.2. The van der Waals surface area contributed by atoms with Crippen molar-refractivity contribution in [2.24, 2.45) is 0 Å². The lowest BCUT2D eigenvalue weighted by Crippen LogP contribution is -2.45. The van der Waals surface area contributed by atoms with Gasteiger partial charge in [-0.15, -0.1) is 11.8 Å². The van der Waals surface area contributed by atoms with Crippen LogP contribution in [-0.2, 0) is 16.1 Å². The van der Waals surface area contributed by atoms with Crippen LogP contribution in [0.1, 0.15) is 12.5 Å². The number of likely N-dealkylation sites (N-methyl/N-ethyl adjacent to an activating group) is 1. The van der Waals surface area contributed by atoms with Gasteiger partial charge in [-0.3, -0.25) is 14.5 Å². The molecule has 0 spiro atoms. The Balaban J connectivity index is 1.49. The van der Waals surface area contributed by atoms with Crippen LogP contribution in [0.25, 0.3) is 0 Å². The lowest BCUT2D eigenvalue weighted by atomic mass is 10.2. The Morgan fingerprint density at radius 3 is 2.72 bits per heavy atom. The van der Waals surface area contributed by atoms with Crippen molar-refractivity contribution in [1.82, 2.24) is 10.2 Å². The number of anilines is 1. The number of rotatable bonds is 8. The number of hydrogen-bond acceptors (Lipinski definition) is 6. The summed E-state index contributed by atoms with van der Waals surface area (Å²) in [6.45, 7) is 2.48. The molecule has 0 fully saturated rings. The first-order chi connectivity index (χ1) is 14.0. The van der Waals surface area contributed by atoms with E-state index in [-0.39, 0.29) is 25.2 Å². The van der Waals surface area contributed by atoms with E-state index < -0.39 is 6.04 Å². The number of thioether (sulfide) groups is 1. The molecule has 0 bridgehead atoms. The summed E-state index contributed by atoms with van der Waals surface area (Å²) in [6.07, 6.45) is 1.96. The van der Waals surface area contributed by atoms with Crippen LogP contribution in [0.5, 0.6) is 11.5 Å². The van der Waals surface area contributed by atoms with Gasteiger partial charge in [0.2, 0.25) is 18.6 Å². The summed E-state index contributed by atoms with van der Waals surface area (Å²) in [5.41, 5.74) is 1.70. The maximum Gasteiger partial charge on any atom is 0.238 e. The van der Waals surface area contributed by atoms with Gasteiger partial charge < -0.3 is 20.1 Å². The highest BCUT2D eigenvalue weighted by Crippen LogP contribution is 2.32. The zero-order valence-corrected chi connectivity index (χ0v) is 17.5. The van der Waals surface area contributed by atoms with Crippen LogP contribution in [0.3, 0.4) is 0 Å². The van der Waals surface area contributed by atoms with E-state index in [0.717, 1.165) is 16.1 Å². The third-order valence-electron chi connectivity index (χ3n) is 4.72. The highest BCUT2D eigenvalue weighted by Gasteiger charge is 2.21. The van der Waals surface area contributed by atoms with E-state index >= 15 is 0 Å². The number of carbonyl (C=O) groups is 2. The van der Waals surface area contributed by atoms with Gasteiger partial charge in [0.15, 0.2) is 11.5 Å². The summed E-state index contributed by atoms with van der Waals surface area (Å²) in [6, 6.07) is 12.8. The molecule has 7 nitrogen and oxygen atoms in total. The number of fused-ring (bicyclic) bond motifs is 1. The SMILES string of the molecule is CSc1ccccc1NC(=O)CN(C)[C@H](C)C(=O)NCc1ccc2c(c1)OCO2. The Bertz CT molecular complexity index is 890. The van der Waals surface area contributed by atoms with Crippen LogP contribution in [0.15, 0.2) is 47.4 Å². The van der Waals surface area contributed by atoms with Gasteiger partial charge in [0.25, 0.3) is 0 Å². The number of carbonyl (C=O) groups excluding carboxylic acids is 2. The summed E-state index contributed by atoms with van der Waals surface area (Å²) in [5, 5.41) is 5.81. The van der Waals surface area contributed by atoms with Crippen molar-refractivity contribution in [3.8, 4) is 11.5 Å². The third kappa shape index (κ3) is 5.42. The molecule has 0 saturated heterocycles. The van der Waals surface area contributed by atoms with Crippen LogP contribution in [0.2, 0.25) is 0 Å². The second kappa shape index (κ2) is 9.67. The first-order valence-electron chi connectivity index (χ1n) is 9.27. The van der Waals surface area contributed by atoms with Crippen LogP contribution in [-0.4, -0.2) is 49.4 Å². The molecule has 29 heavy (non-hydrogen) atoms. The van der Waals surface area contributed by atoms with E-state index in [9.17, 15) is 9.59 Å². The van der Waals surface area contributed by atoms with Gasteiger partial charge in [-0.2, -0.15) is 0 Å². The standard InChI is InChI=1S/C21H25N3O4S/c1-14(21(26)22-11-15-8-9-17-18(10-15)28-13-27-17)24(2)12-20(25)23-16-6-4-5-7-19(16)29-3/h4-10,14H,11-13H2,1-3H3,(H,22,26)(H,23,25)/t14-/m1/s1. The van der Waals surface area contributed by atoms with E-state index in [1.165, 1.54) is 0 Å². The zero-order chi connectivity index (χ0) is 20.8. The zero-order valence-electron chi connectivity index (χ0n) is 16.7. The van der Waals surface area contributed by atoms with E-state index in [1.807, 2.05) is 48.7 Å². The fraction of sp³-hybridized carbons (Fsp3) is 0.333. The summed E-state index contributed by atoms with van der Waals surface area (Å²) in [4.78, 5) is 27.6. The second-order valence-electron chi connectivity index (χ2n) is 6.74. The number of benzene rings is 2. The van der Waals surface area contributed by atoms with Crippen molar-refractivity contribution in [1.29, 1.82) is 0 Å². The summed E-state index contributed by atoms with van der Waals surface area (Å²) in [7, 11) is 1.75. The van der Waals surface area contributed by atoms with E-state index in [1.54, 1.807) is 30.6 Å². The number of para-hydroxylation sites is 1. The monoisotopic (exact) mass is 415 g/mol. The normalized spacial score (nSPS) is 13.2. The maximum atomic E-state index is 12.5. The number of amides is 2. The molecule has 1 aliphatic heterocycles. The quantitative estimate of drug-likeness (QED) is 0.646. The van der Waals surface area contributed by atoms with E-state index in [4.69, 9.17) is 9.47 Å². The van der Waals surface area contributed by atoms with Crippen molar-refractivity contribution in [3.63, 3.8) is 0 Å². The molecule has 8 heteroatoms. The summed E-state index contributed by atoms with van der Waals surface area (Å²) >= 11 is 1.57. The van der Waals surface area contributed by atoms with Crippen LogP contribution in [0.4, 0.5) is 5.69 Å². The molecule has 1 atom stereocenters. The molecular weight excluding hydrogens is 390 g/mol. The Kier molecular flexibility index (Phi) is 7.00. The van der Waals surface area contributed by atoms with Gasteiger partial charge in [-0.1, -0.05) is 18.2 Å². The molecule has 154 valence electrons. The molecule has 2 amide bonds. The lowest BCUT2D eigenvalue weighted by Gasteiger charge is -2.23. The topological polar surface area (TPSA) is 79.9 Å². The molecule has 0 radical (unpaired) electrons. The van der Waals surface area contributed by atoms with Gasteiger partial charge in [-0.25, -0.2) is 0 Å². The Morgan fingerprint density at radius 2 is 1.93 bits per heavy atom. The summed E-state index contributed by atoms with van der Waals surface area (Å²) < 4.78 is 10.6. The first-order valence-corrected chi connectivity index (χ1v) is 10.5. The van der Waals surface area contributed by atoms with Crippen molar-refractivity contribution in [2.75, 3.05) is 32.0 Å². The van der Waals surface area contributed by atoms with Crippen molar-refractivity contribution in [3.05, 3.63) is 48.0 Å². The largest absolute Gasteiger partial charge is 0.454 e. The molecule has 0 unspecified atom stereocenters. The predicted molar refractivity (Wildman–Crippen MR) is 113 cm³/mol. The van der Waals surface area contributed by atoms with Crippen molar-refractivity contribution in [2.45, 2.75) is 24.4 Å². The number of nitrogens with zero attached hydrogens (tertiary/aromatic N) is 1. The minimum atomic E-state index is -0.453. The minimum Gasteiger partial charge on any atom is -0.454 e. The Labute approximate surface area is 174 Å². The van der Waals surface area contributed by atoms with E-state index in [2.05, 4.69) is 10.6 Å². The number of ether oxygens (including phenoxy) is 2. The van der Waals surface area contributed by atoms with Crippen LogP contribution < -0.4 is 20.1 Å². The van der Waals surface area contributed by atoms with Gasteiger partial charge >= 0.3 is 0 Å². The molecular formula is C21H25N3O4S. The number of nitrogens with one attached hydrogen (secondary N) is 2. The maximum absolute atomic E-state index is 12.5. The molecule has 3 rings (SSSR count). The lowest BCUT2D eigenvalue weighted by molar-refractivity contribution is -0.126. The van der Waals surface area contributed by atoms with E-state index in [0.29, 0.717) is 18.0 Å². The third-order valence-corrected chi connectivity index (χ3v) is 5.51. The number of hydrogen-bond donors (Lipinski definition) is 2. The second-order valence-corrected chi connectivity index (χ2v) is 7.59. The van der Waals surface area contributed by atoms with Gasteiger partial charge in [0.1, 0.15) is 0 Å². The molecule has 0 aliphatic carbocycles. The fourth-order valence-corrected chi connectivity index (χ4v) is 3.44. The van der Waals surface area contributed by atoms with Crippen molar-refractivity contribution < 1.29 is 19.1 Å². The molecule has 0 saturated carbocycles. The highest BCUT2D eigenvalue weighted by molar-refractivity contribution is 7.98. The van der Waals surface area contributed by atoms with Crippen LogP contribution in [0, 0.1) is 0 Å². The molecule has 2 aromatic carbocycles. The molecule has 1 aliphatic rings. The molecule has 0 aromatic heterocycles.